The molecule has 1 aliphatic heterocycles. The quantitative estimate of drug-likeness (QED) is 0.0991. The molecular formula is C46H60N8O9. The maximum Gasteiger partial charge on any atom is 0.300 e. The zero-order valence-electron chi connectivity index (χ0n) is 36.4. The van der Waals surface area contributed by atoms with Crippen molar-refractivity contribution in [2.75, 3.05) is 13.6 Å². The molecule has 4 aromatic rings. The summed E-state index contributed by atoms with van der Waals surface area (Å²) in [6.07, 6.45) is 3.06. The molecule has 0 radical (unpaired) electrons. The summed E-state index contributed by atoms with van der Waals surface area (Å²) < 4.78 is 0. The molecule has 0 bridgehead atoms. The molecule has 0 unspecified atom stereocenters. The number of aliphatic carboxylic acids is 1. The van der Waals surface area contributed by atoms with Crippen molar-refractivity contribution in [2.24, 2.45) is 11.7 Å². The fourth-order valence-corrected chi connectivity index (χ4v) is 7.12. The fourth-order valence-electron chi connectivity index (χ4n) is 7.12. The number of carboxylic acid groups (broad SMARTS) is 1. The van der Waals surface area contributed by atoms with E-state index in [1.54, 1.807) is 32.2 Å². The van der Waals surface area contributed by atoms with Crippen molar-refractivity contribution in [1.82, 2.24) is 36.5 Å². The lowest BCUT2D eigenvalue weighted by molar-refractivity contribution is -0.143. The summed E-state index contributed by atoms with van der Waals surface area (Å²) in [7, 11) is 1.44. The molecule has 0 aliphatic carbocycles. The highest BCUT2D eigenvalue weighted by Crippen LogP contribution is 2.20. The molecule has 17 nitrogen and oxygen atoms in total. The number of nitrogens with one attached hydrogen (secondary N) is 6. The highest BCUT2D eigenvalue weighted by Gasteiger charge is 2.37. The van der Waals surface area contributed by atoms with Crippen molar-refractivity contribution < 1.29 is 43.8 Å². The van der Waals surface area contributed by atoms with Crippen molar-refractivity contribution in [3.63, 3.8) is 0 Å². The van der Waals surface area contributed by atoms with Crippen LogP contribution in [-0.4, -0.2) is 111 Å². The van der Waals surface area contributed by atoms with Crippen molar-refractivity contribution in [3.05, 3.63) is 102 Å². The molecule has 3 aromatic carbocycles. The van der Waals surface area contributed by atoms with Gasteiger partial charge in [0.05, 0.1) is 0 Å². The second-order valence-corrected chi connectivity index (χ2v) is 16.0. The van der Waals surface area contributed by atoms with E-state index in [-0.39, 0.29) is 31.4 Å². The first-order valence-electron chi connectivity index (χ1n) is 21.0. The molecule has 10 N–H and O–H groups in total. The van der Waals surface area contributed by atoms with Crippen molar-refractivity contribution in [1.29, 1.82) is 0 Å². The Morgan fingerprint density at radius 3 is 1.84 bits per heavy atom. The van der Waals surface area contributed by atoms with E-state index < -0.39 is 83.6 Å². The van der Waals surface area contributed by atoms with Crippen LogP contribution in [0.2, 0.25) is 0 Å². The van der Waals surface area contributed by atoms with Crippen LogP contribution < -0.4 is 32.3 Å². The number of phenols is 1. The monoisotopic (exact) mass is 868 g/mol. The largest absolute Gasteiger partial charge is 0.508 e. The van der Waals surface area contributed by atoms with E-state index in [1.807, 2.05) is 54.6 Å². The van der Waals surface area contributed by atoms with Crippen molar-refractivity contribution in [3.8, 4) is 5.75 Å². The number of carbonyl (C=O) groups excluding carboxylic acids is 6. The van der Waals surface area contributed by atoms with Crippen LogP contribution in [0.5, 0.6) is 5.75 Å². The number of benzene rings is 3. The molecule has 1 fully saturated rings. The third-order valence-corrected chi connectivity index (χ3v) is 10.8. The summed E-state index contributed by atoms with van der Waals surface area (Å²) in [5.41, 5.74) is 8.68. The maximum absolute atomic E-state index is 14.4. The van der Waals surface area contributed by atoms with Gasteiger partial charge >= 0.3 is 0 Å². The molecule has 63 heavy (non-hydrogen) atoms. The van der Waals surface area contributed by atoms with Gasteiger partial charge in [-0.1, -0.05) is 74.5 Å². The Kier molecular flexibility index (Phi) is 18.2. The zero-order chi connectivity index (χ0) is 46.2. The number of nitrogens with zero attached hydrogens (tertiary/aromatic N) is 1. The van der Waals surface area contributed by atoms with Gasteiger partial charge in [-0.2, -0.15) is 0 Å². The molecule has 6 amide bonds. The number of likely N-dealkylation sites (N-methyl/N-ethyl adjacent to an activating group) is 1. The Bertz CT molecular complexity index is 2190. The molecule has 0 spiro atoms. The van der Waals surface area contributed by atoms with Crippen LogP contribution in [0.25, 0.3) is 10.9 Å². The summed E-state index contributed by atoms with van der Waals surface area (Å²) in [5.74, 6) is -5.04. The number of H-pyrrole nitrogens is 1. The first-order valence-corrected chi connectivity index (χ1v) is 21.0. The Morgan fingerprint density at radius 2 is 1.21 bits per heavy atom. The predicted octanol–water partition coefficient (Wildman–Crippen LogP) is 2.06. The summed E-state index contributed by atoms with van der Waals surface area (Å²) in [4.78, 5) is 98.8. The molecule has 1 saturated heterocycles. The topological polar surface area (TPSA) is 265 Å². The van der Waals surface area contributed by atoms with Gasteiger partial charge in [0, 0.05) is 50.3 Å². The van der Waals surface area contributed by atoms with E-state index in [4.69, 9.17) is 15.6 Å². The average molecular weight is 869 g/mol. The SMILES string of the molecule is CC(=O)O.CC(C)[C@@H]1NC(=O)[C@H](CCCCN)NC(=O)[C@@H](Cc2c[nH]c3ccccc23)NC(=O)[C@H](Cc2ccc(O)cc2)NC(=O)[C@H](C)N(C)C(=O)[C@H](Cc2ccccc2)NC1=O. The number of fused-ring (bicyclic) bond motifs is 1. The first kappa shape index (κ1) is 48.9. The van der Waals surface area contributed by atoms with E-state index >= 15 is 0 Å². The third kappa shape index (κ3) is 14.4. The highest BCUT2D eigenvalue weighted by atomic mass is 16.4. The normalized spacial score (nSPS) is 21.8. The standard InChI is InChI=1S/C44H56N8O7.C2H4O2/c1-26(2)38-43(58)50-37(23-28-12-6-5-7-13-28)44(59)52(4)27(3)39(54)48-35(22-29-17-19-31(53)20-18-29)41(56)49-36(24-30-25-46-33-15-9-8-14-32(30)33)42(57)47-34(40(55)51-38)16-10-11-21-45;1-2(3)4/h5-9,12-15,17-20,25-27,34-38,46,53H,10-11,16,21-24,45H2,1-4H3,(H,47,57)(H,48,54)(H,49,56)(H,50,58)(H,51,55);1H3,(H,3,4)/t27-,34-,35-,36+,37-,38-;/m0./s1. The van der Waals surface area contributed by atoms with Crippen LogP contribution in [0.4, 0.5) is 0 Å². The Morgan fingerprint density at radius 1 is 0.683 bits per heavy atom. The van der Waals surface area contributed by atoms with Crippen molar-refractivity contribution >= 4 is 52.3 Å². The number of aromatic hydroxyl groups is 1. The molecule has 6 atom stereocenters. The summed E-state index contributed by atoms with van der Waals surface area (Å²) in [6.45, 7) is 6.47. The van der Waals surface area contributed by atoms with E-state index in [2.05, 4.69) is 31.6 Å². The number of amides is 6. The first-order chi connectivity index (χ1) is 30.0. The lowest BCUT2D eigenvalue weighted by Crippen LogP contribution is -2.62. The van der Waals surface area contributed by atoms with Gasteiger partial charge in [0.15, 0.2) is 0 Å². The van der Waals surface area contributed by atoms with Crippen LogP contribution in [0, 0.1) is 5.92 Å². The van der Waals surface area contributed by atoms with Gasteiger partial charge < -0.3 is 52.4 Å². The molecule has 2 heterocycles. The van der Waals surface area contributed by atoms with Gasteiger partial charge in [0.25, 0.3) is 5.97 Å². The van der Waals surface area contributed by atoms with Crippen molar-refractivity contribution in [2.45, 2.75) is 102 Å². The number of para-hydroxylation sites is 1. The summed E-state index contributed by atoms with van der Waals surface area (Å²) in [6, 6.07) is 15.8. The number of hydrogen-bond donors (Lipinski definition) is 9. The van der Waals surface area contributed by atoms with Crippen LogP contribution in [-0.2, 0) is 52.8 Å². The number of nitrogens with two attached hydrogens (primary N) is 1. The summed E-state index contributed by atoms with van der Waals surface area (Å²) in [5, 5.41) is 32.4. The molecule has 1 aliphatic rings. The van der Waals surface area contributed by atoms with Gasteiger partial charge in [-0.25, -0.2) is 0 Å². The van der Waals surface area contributed by atoms with Crippen LogP contribution in [0.15, 0.2) is 85.1 Å². The number of hydrogen-bond acceptors (Lipinski definition) is 9. The molecule has 5 rings (SSSR count). The van der Waals surface area contributed by atoms with E-state index in [0.29, 0.717) is 24.9 Å². The molecular weight excluding hydrogens is 809 g/mol. The van der Waals surface area contributed by atoms with Gasteiger partial charge in [-0.15, -0.1) is 0 Å². The Labute approximate surface area is 366 Å². The van der Waals surface area contributed by atoms with E-state index in [9.17, 15) is 33.9 Å². The Balaban J connectivity index is 0.00000209. The van der Waals surface area contributed by atoms with E-state index in [0.717, 1.165) is 29.0 Å². The average Bonchev–Trinajstić information content (AvgIpc) is 3.66. The zero-order valence-corrected chi connectivity index (χ0v) is 36.4. The molecule has 1 aromatic heterocycles. The minimum atomic E-state index is -1.24. The minimum absolute atomic E-state index is 0.0121. The number of unbranched alkanes of at least 4 members (excludes halogenated alkanes) is 1. The fraction of sp³-hybridized carbons (Fsp3) is 0.413. The van der Waals surface area contributed by atoms with Crippen LogP contribution in [0.3, 0.4) is 0 Å². The number of aromatic nitrogens is 1. The molecule has 0 saturated carbocycles. The maximum atomic E-state index is 14.4. The van der Waals surface area contributed by atoms with Crippen LogP contribution in [0.1, 0.15) is 63.6 Å². The second kappa shape index (κ2) is 23.5. The Hall–Kier alpha value is -6.75. The van der Waals surface area contributed by atoms with Gasteiger partial charge in [0.1, 0.15) is 42.0 Å². The molecule has 338 valence electrons. The molecule has 17 heteroatoms. The third-order valence-electron chi connectivity index (χ3n) is 10.8. The highest BCUT2D eigenvalue weighted by molar-refractivity contribution is 5.98. The number of carbonyl (C=O) groups is 7. The predicted molar refractivity (Wildman–Crippen MR) is 237 cm³/mol. The summed E-state index contributed by atoms with van der Waals surface area (Å²) >= 11 is 0. The second-order valence-electron chi connectivity index (χ2n) is 16.0. The lowest BCUT2D eigenvalue weighted by Gasteiger charge is -2.32. The number of carboxylic acids is 1. The van der Waals surface area contributed by atoms with Gasteiger partial charge in [0.2, 0.25) is 35.4 Å². The van der Waals surface area contributed by atoms with Gasteiger partial charge in [-0.3, -0.25) is 33.6 Å². The van der Waals surface area contributed by atoms with Gasteiger partial charge in [-0.05, 0) is 73.5 Å². The number of rotatable bonds is 11. The van der Waals surface area contributed by atoms with Crippen LogP contribution >= 0.6 is 0 Å². The number of phenolic OH excluding ortho intramolecular Hbond substituents is 1. The number of aromatic amines is 1. The smallest absolute Gasteiger partial charge is 0.300 e. The minimum Gasteiger partial charge on any atom is -0.508 e. The lowest BCUT2D eigenvalue weighted by atomic mass is 9.98. The van der Waals surface area contributed by atoms with E-state index in [1.165, 1.54) is 31.0 Å².